The van der Waals surface area contributed by atoms with Crippen LogP contribution in [0.4, 0.5) is 0 Å². The molecule has 0 aliphatic rings. The molecule has 0 aromatic carbocycles. The predicted molar refractivity (Wildman–Crippen MR) is 51.4 cm³/mol. The smallest absolute Gasteiger partial charge is 0.115 e. The number of nitrogens with zero attached hydrogens (tertiary/aromatic N) is 3. The Morgan fingerprint density at radius 1 is 1.62 bits per heavy atom. The molecule has 0 amide bonds. The first kappa shape index (κ1) is 8.40. The maximum atomic E-state index is 5.99. The number of aromatic nitrogens is 3. The van der Waals surface area contributed by atoms with E-state index in [1.165, 1.54) is 0 Å². The van der Waals surface area contributed by atoms with Crippen molar-refractivity contribution in [1.29, 1.82) is 0 Å². The Kier molecular flexibility index (Phi) is 2.12. The summed E-state index contributed by atoms with van der Waals surface area (Å²) < 4.78 is 1.91. The second-order valence-corrected chi connectivity index (χ2v) is 3.70. The highest BCUT2D eigenvalue weighted by Gasteiger charge is 2.13. The van der Waals surface area contributed by atoms with Crippen LogP contribution in [0.5, 0.6) is 0 Å². The van der Waals surface area contributed by atoms with Gasteiger partial charge in [0.2, 0.25) is 0 Å². The highest BCUT2D eigenvalue weighted by molar-refractivity contribution is 7.09. The summed E-state index contributed by atoms with van der Waals surface area (Å²) in [6.45, 7) is 0. The van der Waals surface area contributed by atoms with Crippen molar-refractivity contribution in [2.24, 2.45) is 12.8 Å². The van der Waals surface area contributed by atoms with E-state index in [1.54, 1.807) is 30.1 Å². The third kappa shape index (κ3) is 1.48. The molecule has 0 saturated heterocycles. The molecule has 2 N–H and O–H groups in total. The highest BCUT2D eigenvalue weighted by Crippen LogP contribution is 2.19. The minimum atomic E-state index is -0.160. The number of nitrogens with two attached hydrogens (primary N) is 1. The van der Waals surface area contributed by atoms with Gasteiger partial charge in [-0.1, -0.05) is 0 Å². The molecule has 0 saturated carbocycles. The normalized spacial score (nSPS) is 13.1. The maximum absolute atomic E-state index is 5.99. The maximum Gasteiger partial charge on any atom is 0.115 e. The fourth-order valence-electron chi connectivity index (χ4n) is 1.18. The molecule has 4 nitrogen and oxygen atoms in total. The number of imidazole rings is 1. The summed E-state index contributed by atoms with van der Waals surface area (Å²) >= 11 is 1.56. The van der Waals surface area contributed by atoms with Gasteiger partial charge in [-0.05, 0) is 0 Å². The van der Waals surface area contributed by atoms with E-state index < -0.39 is 0 Å². The largest absolute Gasteiger partial charge is 0.336 e. The van der Waals surface area contributed by atoms with Gasteiger partial charge in [0, 0.05) is 18.6 Å². The van der Waals surface area contributed by atoms with Crippen LogP contribution in [0.1, 0.15) is 16.7 Å². The molecule has 5 heteroatoms. The third-order valence-corrected chi connectivity index (χ3v) is 2.75. The van der Waals surface area contributed by atoms with E-state index in [0.29, 0.717) is 0 Å². The minimum Gasteiger partial charge on any atom is -0.336 e. The van der Waals surface area contributed by atoms with Crippen LogP contribution in [0.2, 0.25) is 0 Å². The lowest BCUT2D eigenvalue weighted by Gasteiger charge is -2.08. The zero-order chi connectivity index (χ0) is 9.26. The Bertz CT molecular complexity index is 379. The monoisotopic (exact) mass is 194 g/mol. The Balaban J connectivity index is 2.33. The van der Waals surface area contributed by atoms with Gasteiger partial charge in [-0.2, -0.15) is 0 Å². The summed E-state index contributed by atoms with van der Waals surface area (Å²) in [5.74, 6) is 0. The first-order chi connectivity index (χ1) is 6.29. The Morgan fingerprint density at radius 3 is 3.00 bits per heavy atom. The average Bonchev–Trinajstić information content (AvgIpc) is 2.72. The van der Waals surface area contributed by atoms with E-state index in [4.69, 9.17) is 5.73 Å². The van der Waals surface area contributed by atoms with Gasteiger partial charge in [-0.3, -0.25) is 0 Å². The summed E-state index contributed by atoms with van der Waals surface area (Å²) in [5.41, 5.74) is 6.97. The molecule has 2 heterocycles. The van der Waals surface area contributed by atoms with Crippen molar-refractivity contribution < 1.29 is 0 Å². The lowest BCUT2D eigenvalue weighted by atomic mass is 10.2. The molecule has 1 unspecified atom stereocenters. The van der Waals surface area contributed by atoms with Crippen molar-refractivity contribution in [3.8, 4) is 0 Å². The zero-order valence-corrected chi connectivity index (χ0v) is 8.03. The molecule has 68 valence electrons. The molecule has 0 aliphatic carbocycles. The summed E-state index contributed by atoms with van der Waals surface area (Å²) in [7, 11) is 1.93. The Hall–Kier alpha value is -1.20. The van der Waals surface area contributed by atoms with Crippen LogP contribution in [-0.2, 0) is 7.05 Å². The quantitative estimate of drug-likeness (QED) is 0.773. The van der Waals surface area contributed by atoms with Crippen LogP contribution in [0.15, 0.2) is 24.1 Å². The molecule has 2 aromatic heterocycles. The average molecular weight is 194 g/mol. The van der Waals surface area contributed by atoms with Crippen LogP contribution >= 0.6 is 11.3 Å². The summed E-state index contributed by atoms with van der Waals surface area (Å²) in [4.78, 5) is 8.18. The molecule has 0 aliphatic heterocycles. The third-order valence-electron chi connectivity index (χ3n) is 1.89. The molecular formula is C8H10N4S. The van der Waals surface area contributed by atoms with Crippen LogP contribution in [0, 0.1) is 0 Å². The number of aryl methyl sites for hydroxylation is 1. The van der Waals surface area contributed by atoms with E-state index in [2.05, 4.69) is 9.97 Å². The predicted octanol–water partition coefficient (Wildman–Crippen LogP) is 0.925. The molecule has 0 fully saturated rings. The Morgan fingerprint density at radius 2 is 2.46 bits per heavy atom. The molecule has 0 bridgehead atoms. The van der Waals surface area contributed by atoms with Crippen molar-refractivity contribution in [3.63, 3.8) is 0 Å². The minimum absolute atomic E-state index is 0.160. The second-order valence-electron chi connectivity index (χ2n) is 2.78. The van der Waals surface area contributed by atoms with E-state index in [0.717, 1.165) is 10.7 Å². The zero-order valence-electron chi connectivity index (χ0n) is 7.21. The van der Waals surface area contributed by atoms with E-state index in [9.17, 15) is 0 Å². The summed E-state index contributed by atoms with van der Waals surface area (Å²) in [5, 5.41) is 2.84. The first-order valence-electron chi connectivity index (χ1n) is 3.90. The molecular weight excluding hydrogens is 184 g/mol. The van der Waals surface area contributed by atoms with E-state index >= 15 is 0 Å². The lowest BCUT2D eigenvalue weighted by Crippen LogP contribution is -2.14. The number of hydrogen-bond donors (Lipinski definition) is 1. The molecule has 2 aromatic rings. The van der Waals surface area contributed by atoms with Crippen molar-refractivity contribution in [2.75, 3.05) is 0 Å². The van der Waals surface area contributed by atoms with E-state index in [1.807, 2.05) is 17.0 Å². The van der Waals surface area contributed by atoms with Crippen molar-refractivity contribution in [2.45, 2.75) is 6.04 Å². The van der Waals surface area contributed by atoms with Gasteiger partial charge >= 0.3 is 0 Å². The van der Waals surface area contributed by atoms with Crippen molar-refractivity contribution >= 4 is 11.3 Å². The van der Waals surface area contributed by atoms with Gasteiger partial charge in [-0.25, -0.2) is 9.97 Å². The van der Waals surface area contributed by atoms with Gasteiger partial charge in [0.15, 0.2) is 0 Å². The molecule has 0 radical (unpaired) electrons. The van der Waals surface area contributed by atoms with Gasteiger partial charge in [0.05, 0.1) is 24.3 Å². The van der Waals surface area contributed by atoms with Gasteiger partial charge in [0.25, 0.3) is 0 Å². The Labute approximate surface area is 80.1 Å². The topological polar surface area (TPSA) is 56.7 Å². The van der Waals surface area contributed by atoms with E-state index in [-0.39, 0.29) is 6.04 Å². The van der Waals surface area contributed by atoms with Gasteiger partial charge in [-0.15, -0.1) is 11.3 Å². The molecule has 1 atom stereocenters. The fourth-order valence-corrected chi connectivity index (χ4v) is 1.83. The van der Waals surface area contributed by atoms with Crippen molar-refractivity contribution in [1.82, 2.24) is 14.5 Å². The van der Waals surface area contributed by atoms with Crippen LogP contribution < -0.4 is 5.73 Å². The lowest BCUT2D eigenvalue weighted by molar-refractivity contribution is 0.741. The highest BCUT2D eigenvalue weighted by atomic mass is 32.1. The molecule has 13 heavy (non-hydrogen) atoms. The fraction of sp³-hybridized carbons (Fsp3) is 0.250. The van der Waals surface area contributed by atoms with Crippen LogP contribution in [0.3, 0.4) is 0 Å². The van der Waals surface area contributed by atoms with Crippen LogP contribution in [0.25, 0.3) is 0 Å². The van der Waals surface area contributed by atoms with Crippen molar-refractivity contribution in [3.05, 3.63) is 34.8 Å². The van der Waals surface area contributed by atoms with Gasteiger partial charge < -0.3 is 10.3 Å². The summed E-state index contributed by atoms with van der Waals surface area (Å²) in [6.07, 6.45) is 5.27. The molecule has 2 rings (SSSR count). The summed E-state index contributed by atoms with van der Waals surface area (Å²) in [6, 6.07) is -0.160. The number of thiazole rings is 1. The molecule has 0 spiro atoms. The van der Waals surface area contributed by atoms with Gasteiger partial charge in [0.1, 0.15) is 5.01 Å². The second kappa shape index (κ2) is 3.27. The van der Waals surface area contributed by atoms with Crippen LogP contribution in [-0.4, -0.2) is 14.5 Å². The first-order valence-corrected chi connectivity index (χ1v) is 4.78. The number of hydrogen-bond acceptors (Lipinski definition) is 4. The number of rotatable bonds is 2. The SMILES string of the molecule is Cn1cncc1C(N)c1nccs1. The standard InChI is InChI=1S/C8H10N4S/c1-12-5-10-4-6(12)7(9)8-11-2-3-13-8/h2-5,7H,9H2,1H3.